The molecule has 4 saturated heterocycles. The number of aromatic nitrogens is 3. The number of nitrogens with zero attached hydrogens (tertiary/aromatic N) is 7. The van der Waals surface area contributed by atoms with Gasteiger partial charge in [-0.2, -0.15) is 0 Å². The van der Waals surface area contributed by atoms with Crippen molar-refractivity contribution >= 4 is 46.8 Å². The van der Waals surface area contributed by atoms with Gasteiger partial charge in [0.25, 0.3) is 0 Å². The number of carbonyl (C=O) groups excluding carboxylic acids is 2. The zero-order valence-electron chi connectivity index (χ0n) is 26.7. The molecule has 0 radical (unpaired) electrons. The van der Waals surface area contributed by atoms with Crippen LogP contribution in [0, 0.1) is 5.41 Å². The number of hydrogen-bond acceptors (Lipinski definition) is 12. The van der Waals surface area contributed by atoms with Gasteiger partial charge >= 0.3 is 6.03 Å². The molecule has 7 rings (SSSR count). The fourth-order valence-electron chi connectivity index (χ4n) is 7.04. The number of nitrogen functional groups attached to an aromatic ring is 1. The standard InChI is InChI=1S/C33H42N10O3S/c1-22-29(34)33(21-46-22)7-11-41(12-8-33)27-19-37-31(30(35)38-27)47-25-5-9-36-26(18-25)42-15-13-40(14-16-42)20-23-3-2-4-24(17-23)43-10-6-28(44)39-32(43)45/h2-5,9,17-19,22,29H,6-8,10-16,20-21,34H2,1H3,(H2,35,38)(H,39,44,45)/t22-,29+/m0/s1. The van der Waals surface area contributed by atoms with Crippen LogP contribution >= 0.6 is 11.8 Å². The Morgan fingerprint density at radius 2 is 1.79 bits per heavy atom. The number of benzene rings is 1. The maximum Gasteiger partial charge on any atom is 0.328 e. The topological polar surface area (TPSA) is 159 Å². The largest absolute Gasteiger partial charge is 0.381 e. The Bertz CT molecular complexity index is 1630. The molecule has 6 heterocycles. The lowest BCUT2D eigenvalue weighted by atomic mass is 9.73. The molecule has 3 amide bonds. The molecule has 5 N–H and O–H groups in total. The van der Waals surface area contributed by atoms with Crippen molar-refractivity contribution in [2.75, 3.05) is 72.9 Å². The summed E-state index contributed by atoms with van der Waals surface area (Å²) >= 11 is 1.50. The fraction of sp³-hybridized carbons (Fsp3) is 0.485. The predicted molar refractivity (Wildman–Crippen MR) is 182 cm³/mol. The summed E-state index contributed by atoms with van der Waals surface area (Å²) in [5.41, 5.74) is 14.9. The number of amides is 3. The summed E-state index contributed by atoms with van der Waals surface area (Å²) < 4.78 is 5.87. The van der Waals surface area contributed by atoms with Crippen molar-refractivity contribution < 1.29 is 14.3 Å². The minimum Gasteiger partial charge on any atom is -0.381 e. The molecule has 3 aromatic rings. The second kappa shape index (κ2) is 13.3. The van der Waals surface area contributed by atoms with Crippen LogP contribution in [0.5, 0.6) is 0 Å². The SMILES string of the molecule is C[C@@H]1OCC2(CCN(c3cnc(Sc4ccnc(N5CCN(Cc6cccc(N7CCC(=O)NC7=O)c6)CC5)c4)c(N)n3)CC2)[C@@H]1N. The first kappa shape index (κ1) is 31.6. The van der Waals surface area contributed by atoms with Gasteiger partial charge in [0.05, 0.1) is 18.9 Å². The van der Waals surface area contributed by atoms with Gasteiger partial charge in [0.1, 0.15) is 16.7 Å². The number of piperazine rings is 1. The molecule has 0 unspecified atom stereocenters. The third-order valence-corrected chi connectivity index (χ3v) is 11.0. The lowest BCUT2D eigenvalue weighted by Gasteiger charge is -2.41. The third-order valence-electron chi connectivity index (χ3n) is 9.99. The van der Waals surface area contributed by atoms with Crippen LogP contribution in [0.3, 0.4) is 0 Å². The highest BCUT2D eigenvalue weighted by molar-refractivity contribution is 7.99. The number of piperidine rings is 1. The molecule has 47 heavy (non-hydrogen) atoms. The molecular formula is C33H42N10O3S. The Morgan fingerprint density at radius 1 is 1.00 bits per heavy atom. The lowest BCUT2D eigenvalue weighted by molar-refractivity contribution is -0.120. The Labute approximate surface area is 279 Å². The quantitative estimate of drug-likeness (QED) is 0.341. The minimum absolute atomic E-state index is 0.0557. The molecular weight excluding hydrogens is 616 g/mol. The van der Waals surface area contributed by atoms with E-state index in [1.807, 2.05) is 36.7 Å². The highest BCUT2D eigenvalue weighted by Crippen LogP contribution is 2.42. The third kappa shape index (κ3) is 6.73. The second-order valence-corrected chi connectivity index (χ2v) is 14.0. The normalized spacial score (nSPS) is 23.4. The van der Waals surface area contributed by atoms with Crippen molar-refractivity contribution in [3.05, 3.63) is 54.4 Å². The van der Waals surface area contributed by atoms with Gasteiger partial charge in [-0.05, 0) is 49.6 Å². The van der Waals surface area contributed by atoms with E-state index in [2.05, 4.69) is 44.1 Å². The maximum atomic E-state index is 12.3. The highest BCUT2D eigenvalue weighted by Gasteiger charge is 2.47. The fourth-order valence-corrected chi connectivity index (χ4v) is 7.81. The summed E-state index contributed by atoms with van der Waals surface area (Å²) in [6.07, 6.45) is 6.02. The molecule has 1 spiro atoms. The summed E-state index contributed by atoms with van der Waals surface area (Å²) in [6, 6.07) is 11.8. The van der Waals surface area contributed by atoms with Crippen LogP contribution in [0.15, 0.2) is 58.7 Å². The molecule has 0 saturated carbocycles. The number of nitrogens with two attached hydrogens (primary N) is 2. The van der Waals surface area contributed by atoms with Gasteiger partial charge in [-0.1, -0.05) is 23.9 Å². The van der Waals surface area contributed by atoms with E-state index in [9.17, 15) is 9.59 Å². The number of pyridine rings is 1. The number of imide groups is 1. The number of urea groups is 1. The molecule has 14 heteroatoms. The van der Waals surface area contributed by atoms with E-state index >= 15 is 0 Å². The Hall–Kier alpha value is -3.98. The average molecular weight is 659 g/mol. The molecule has 2 aromatic heterocycles. The lowest BCUT2D eigenvalue weighted by Crippen LogP contribution is -2.50. The van der Waals surface area contributed by atoms with Crippen molar-refractivity contribution in [1.82, 2.24) is 25.2 Å². The number of rotatable bonds is 7. The minimum atomic E-state index is -0.363. The number of nitrogens with one attached hydrogen (secondary N) is 1. The molecule has 2 atom stereocenters. The van der Waals surface area contributed by atoms with Gasteiger partial charge in [0.2, 0.25) is 5.91 Å². The van der Waals surface area contributed by atoms with E-state index in [-0.39, 0.29) is 29.5 Å². The van der Waals surface area contributed by atoms with E-state index in [0.29, 0.717) is 23.8 Å². The molecule has 4 aliphatic heterocycles. The molecule has 0 bridgehead atoms. The number of carbonyl (C=O) groups is 2. The first-order valence-electron chi connectivity index (χ1n) is 16.3. The molecule has 4 aliphatic rings. The Balaban J connectivity index is 0.925. The summed E-state index contributed by atoms with van der Waals surface area (Å²) in [5, 5.41) is 3.08. The first-order valence-corrected chi connectivity index (χ1v) is 17.1. The maximum absolute atomic E-state index is 12.3. The van der Waals surface area contributed by atoms with Crippen molar-refractivity contribution in [1.29, 1.82) is 0 Å². The van der Waals surface area contributed by atoms with Crippen molar-refractivity contribution in [2.24, 2.45) is 11.1 Å². The van der Waals surface area contributed by atoms with E-state index in [0.717, 1.165) is 93.0 Å². The number of anilines is 4. The smallest absolute Gasteiger partial charge is 0.328 e. The van der Waals surface area contributed by atoms with E-state index in [1.165, 1.54) is 11.8 Å². The Kier molecular flexibility index (Phi) is 8.92. The summed E-state index contributed by atoms with van der Waals surface area (Å²) in [4.78, 5) is 47.5. The van der Waals surface area contributed by atoms with Gasteiger partial charge in [0, 0.05) is 87.0 Å². The monoisotopic (exact) mass is 658 g/mol. The summed E-state index contributed by atoms with van der Waals surface area (Å²) in [6.45, 7) is 9.17. The van der Waals surface area contributed by atoms with Crippen LogP contribution in [-0.2, 0) is 16.1 Å². The van der Waals surface area contributed by atoms with Crippen LogP contribution in [0.2, 0.25) is 0 Å². The Morgan fingerprint density at radius 3 is 2.51 bits per heavy atom. The van der Waals surface area contributed by atoms with Gasteiger partial charge in [-0.15, -0.1) is 0 Å². The van der Waals surface area contributed by atoms with Crippen LogP contribution in [0.4, 0.5) is 27.9 Å². The molecule has 13 nitrogen and oxygen atoms in total. The number of hydrogen-bond donors (Lipinski definition) is 3. The van der Waals surface area contributed by atoms with E-state index in [1.54, 1.807) is 4.90 Å². The molecule has 0 aliphatic carbocycles. The van der Waals surface area contributed by atoms with Gasteiger partial charge < -0.3 is 26.0 Å². The van der Waals surface area contributed by atoms with Crippen LogP contribution in [0.25, 0.3) is 0 Å². The molecule has 4 fully saturated rings. The van der Waals surface area contributed by atoms with Crippen molar-refractivity contribution in [2.45, 2.75) is 54.8 Å². The van der Waals surface area contributed by atoms with Gasteiger partial charge in [-0.25, -0.2) is 19.7 Å². The predicted octanol–water partition coefficient (Wildman–Crippen LogP) is 2.71. The summed E-state index contributed by atoms with van der Waals surface area (Å²) in [5.74, 6) is 1.92. The van der Waals surface area contributed by atoms with E-state index < -0.39 is 0 Å². The first-order chi connectivity index (χ1) is 22.8. The van der Waals surface area contributed by atoms with Crippen molar-refractivity contribution in [3.63, 3.8) is 0 Å². The van der Waals surface area contributed by atoms with Gasteiger partial charge in [-0.3, -0.25) is 19.9 Å². The molecule has 1 aromatic carbocycles. The average Bonchev–Trinajstić information content (AvgIpc) is 3.35. The van der Waals surface area contributed by atoms with Crippen LogP contribution in [0.1, 0.15) is 31.7 Å². The van der Waals surface area contributed by atoms with Crippen LogP contribution < -0.4 is 31.5 Å². The summed E-state index contributed by atoms with van der Waals surface area (Å²) in [7, 11) is 0. The second-order valence-electron chi connectivity index (χ2n) is 12.9. The zero-order valence-corrected chi connectivity index (χ0v) is 27.5. The van der Waals surface area contributed by atoms with E-state index in [4.69, 9.17) is 26.2 Å². The highest BCUT2D eigenvalue weighted by atomic mass is 32.2. The number of ether oxygens (including phenoxy) is 1. The van der Waals surface area contributed by atoms with Gasteiger partial charge in [0.15, 0.2) is 5.82 Å². The van der Waals surface area contributed by atoms with Crippen LogP contribution in [-0.4, -0.2) is 96.4 Å². The zero-order chi connectivity index (χ0) is 32.5. The molecule has 248 valence electrons. The van der Waals surface area contributed by atoms with Crippen molar-refractivity contribution in [3.8, 4) is 0 Å².